The molecule has 0 unspecified atom stereocenters. The summed E-state index contributed by atoms with van der Waals surface area (Å²) < 4.78 is 16.5. The Hall–Kier alpha value is -3.37. The number of benzene rings is 1. The normalized spacial score (nSPS) is 10.5. The molecule has 11 heteroatoms. The average molecular weight is 464 g/mol. The summed E-state index contributed by atoms with van der Waals surface area (Å²) in [7, 11) is 2.45. The molecule has 0 aliphatic heterocycles. The highest BCUT2D eigenvalue weighted by molar-refractivity contribution is 7.18. The fourth-order valence-electron chi connectivity index (χ4n) is 2.70. The Morgan fingerprint density at radius 1 is 1.10 bits per heavy atom. The van der Waals surface area contributed by atoms with Gasteiger partial charge in [-0.05, 0) is 42.8 Å². The Morgan fingerprint density at radius 3 is 2.42 bits per heavy atom. The minimum absolute atomic E-state index is 0.0296. The van der Waals surface area contributed by atoms with Crippen LogP contribution >= 0.6 is 22.9 Å². The van der Waals surface area contributed by atoms with Crippen LogP contribution in [0.15, 0.2) is 36.5 Å². The van der Waals surface area contributed by atoms with Crippen LogP contribution in [0.1, 0.15) is 36.1 Å². The van der Waals surface area contributed by atoms with Crippen LogP contribution in [-0.4, -0.2) is 41.8 Å². The first-order chi connectivity index (χ1) is 14.8. The number of carbonyl (C=O) groups is 3. The van der Waals surface area contributed by atoms with Gasteiger partial charge in [0.15, 0.2) is 6.73 Å². The molecule has 0 saturated carbocycles. The van der Waals surface area contributed by atoms with Crippen LogP contribution in [0.4, 0.5) is 5.00 Å². The van der Waals surface area contributed by atoms with Gasteiger partial charge in [-0.2, -0.15) is 5.10 Å². The van der Waals surface area contributed by atoms with E-state index in [-0.39, 0.29) is 27.9 Å². The molecule has 1 N–H and O–H groups in total. The zero-order valence-electron chi connectivity index (χ0n) is 16.8. The molecular formula is C20H18ClN3O6S. The van der Waals surface area contributed by atoms with Crippen molar-refractivity contribution in [3.63, 3.8) is 0 Å². The summed E-state index contributed by atoms with van der Waals surface area (Å²) in [6.45, 7) is 1.55. The predicted molar refractivity (Wildman–Crippen MR) is 114 cm³/mol. The molecule has 1 amide bonds. The molecule has 31 heavy (non-hydrogen) atoms. The van der Waals surface area contributed by atoms with Crippen molar-refractivity contribution in [2.75, 3.05) is 19.5 Å². The number of ether oxygens (including phenoxy) is 3. The number of nitrogens with zero attached hydrogens (tertiary/aromatic N) is 2. The molecule has 2 heterocycles. The number of carbonyl (C=O) groups excluding carboxylic acids is 3. The maximum atomic E-state index is 12.9. The minimum Gasteiger partial charge on any atom is -0.471 e. The monoisotopic (exact) mass is 463 g/mol. The van der Waals surface area contributed by atoms with E-state index >= 15 is 0 Å². The lowest BCUT2D eigenvalue weighted by Gasteiger charge is -2.10. The number of methoxy groups -OCH3 is 2. The van der Waals surface area contributed by atoms with Crippen LogP contribution in [-0.2, 0) is 16.2 Å². The van der Waals surface area contributed by atoms with Gasteiger partial charge >= 0.3 is 11.9 Å². The van der Waals surface area contributed by atoms with Crippen molar-refractivity contribution in [1.82, 2.24) is 9.78 Å². The molecule has 0 aliphatic carbocycles. The molecule has 0 radical (unpaired) electrons. The van der Waals surface area contributed by atoms with Gasteiger partial charge in [-0.1, -0.05) is 11.6 Å². The van der Waals surface area contributed by atoms with Gasteiger partial charge in [0.1, 0.15) is 21.3 Å². The third kappa shape index (κ3) is 4.86. The Bertz CT molecular complexity index is 1120. The molecule has 0 saturated heterocycles. The summed E-state index contributed by atoms with van der Waals surface area (Å²) in [6, 6.07) is 8.24. The number of halogens is 1. The van der Waals surface area contributed by atoms with Crippen LogP contribution in [0.25, 0.3) is 0 Å². The number of hydrogen-bond acceptors (Lipinski definition) is 8. The first-order valence-corrected chi connectivity index (χ1v) is 10.1. The number of anilines is 1. The summed E-state index contributed by atoms with van der Waals surface area (Å²) in [5.41, 5.74) is 0.638. The fourth-order valence-corrected chi connectivity index (χ4v) is 3.93. The second-order valence-corrected chi connectivity index (χ2v) is 7.60. The lowest BCUT2D eigenvalue weighted by atomic mass is 10.1. The summed E-state index contributed by atoms with van der Waals surface area (Å²) in [6.07, 6.45) is 1.45. The van der Waals surface area contributed by atoms with Crippen molar-refractivity contribution >= 4 is 45.8 Å². The van der Waals surface area contributed by atoms with Gasteiger partial charge < -0.3 is 19.5 Å². The maximum Gasteiger partial charge on any atom is 0.348 e. The quantitative estimate of drug-likeness (QED) is 0.531. The Balaban J connectivity index is 1.82. The van der Waals surface area contributed by atoms with E-state index in [4.69, 9.17) is 25.8 Å². The van der Waals surface area contributed by atoms with Gasteiger partial charge in [-0.25, -0.2) is 14.3 Å². The molecule has 0 aliphatic rings. The predicted octanol–water partition coefficient (Wildman–Crippen LogP) is 3.77. The topological polar surface area (TPSA) is 109 Å². The third-order valence-electron chi connectivity index (χ3n) is 4.25. The molecule has 9 nitrogen and oxygen atoms in total. The number of esters is 2. The summed E-state index contributed by atoms with van der Waals surface area (Å²) >= 11 is 6.78. The molecule has 1 aromatic carbocycles. The molecule has 2 aromatic heterocycles. The highest BCUT2D eigenvalue weighted by atomic mass is 35.5. The van der Waals surface area contributed by atoms with Gasteiger partial charge in [0.05, 0.1) is 19.8 Å². The fraction of sp³-hybridized carbons (Fsp3) is 0.200. The van der Waals surface area contributed by atoms with E-state index in [9.17, 15) is 14.4 Å². The van der Waals surface area contributed by atoms with Crippen molar-refractivity contribution in [2.45, 2.75) is 13.7 Å². The van der Waals surface area contributed by atoms with Crippen LogP contribution in [0, 0.1) is 6.92 Å². The van der Waals surface area contributed by atoms with Crippen LogP contribution in [0.2, 0.25) is 5.02 Å². The molecule has 0 bridgehead atoms. The highest BCUT2D eigenvalue weighted by Crippen LogP contribution is 2.34. The maximum absolute atomic E-state index is 12.9. The van der Waals surface area contributed by atoms with Crippen molar-refractivity contribution in [1.29, 1.82) is 0 Å². The third-order valence-corrected chi connectivity index (χ3v) is 5.69. The number of thiophene rings is 1. The number of nitrogens with one attached hydrogen (secondary N) is 1. The Kier molecular flexibility index (Phi) is 6.93. The van der Waals surface area contributed by atoms with E-state index in [1.54, 1.807) is 31.2 Å². The molecule has 3 rings (SSSR count). The molecule has 0 spiro atoms. The largest absolute Gasteiger partial charge is 0.471 e. The SMILES string of the molecule is COC(=O)c1sc(NC(=O)c2ccnn2COc2ccc(Cl)cc2)c(C(=O)OC)c1C. The lowest BCUT2D eigenvalue weighted by Crippen LogP contribution is -2.20. The zero-order chi connectivity index (χ0) is 22.5. The van der Waals surface area contributed by atoms with Crippen molar-refractivity contribution < 1.29 is 28.6 Å². The van der Waals surface area contributed by atoms with E-state index < -0.39 is 17.8 Å². The lowest BCUT2D eigenvalue weighted by molar-refractivity contribution is 0.0601. The molecule has 162 valence electrons. The van der Waals surface area contributed by atoms with E-state index in [2.05, 4.69) is 10.4 Å². The standard InChI is InChI=1S/C20H18ClN3O6S/c1-11-15(19(26)28-2)18(31-16(11)20(27)29-3)23-17(25)14-8-9-22-24(14)10-30-13-6-4-12(21)5-7-13/h4-9H,10H2,1-3H3,(H,23,25). The summed E-state index contributed by atoms with van der Waals surface area (Å²) in [5.74, 6) is -1.29. The van der Waals surface area contributed by atoms with Gasteiger partial charge in [0, 0.05) is 11.2 Å². The highest BCUT2D eigenvalue weighted by Gasteiger charge is 2.27. The second kappa shape index (κ2) is 9.63. The second-order valence-electron chi connectivity index (χ2n) is 6.14. The zero-order valence-corrected chi connectivity index (χ0v) is 18.4. The van der Waals surface area contributed by atoms with Gasteiger partial charge in [0.2, 0.25) is 0 Å². The van der Waals surface area contributed by atoms with Gasteiger partial charge in [0.25, 0.3) is 5.91 Å². The molecule has 3 aromatic rings. The van der Waals surface area contributed by atoms with E-state index in [1.807, 2.05) is 0 Å². The molecule has 0 atom stereocenters. The number of amides is 1. The number of aromatic nitrogens is 2. The van der Waals surface area contributed by atoms with Crippen LogP contribution in [0.3, 0.4) is 0 Å². The number of rotatable bonds is 7. The molecular weight excluding hydrogens is 446 g/mol. The Morgan fingerprint density at radius 2 is 1.77 bits per heavy atom. The molecule has 0 fully saturated rings. The van der Waals surface area contributed by atoms with Gasteiger partial charge in [-0.15, -0.1) is 11.3 Å². The van der Waals surface area contributed by atoms with Crippen LogP contribution in [0.5, 0.6) is 5.75 Å². The summed E-state index contributed by atoms with van der Waals surface area (Å²) in [4.78, 5) is 37.3. The minimum atomic E-state index is -0.682. The van der Waals surface area contributed by atoms with Crippen molar-refractivity contribution in [2.24, 2.45) is 0 Å². The van der Waals surface area contributed by atoms with E-state index in [0.29, 0.717) is 16.3 Å². The van der Waals surface area contributed by atoms with Gasteiger partial charge in [-0.3, -0.25) is 4.79 Å². The Labute approximate surface area is 186 Å². The first kappa shape index (κ1) is 22.3. The van der Waals surface area contributed by atoms with E-state index in [0.717, 1.165) is 11.3 Å². The first-order valence-electron chi connectivity index (χ1n) is 8.87. The smallest absolute Gasteiger partial charge is 0.348 e. The average Bonchev–Trinajstić information content (AvgIpc) is 3.36. The van der Waals surface area contributed by atoms with Crippen molar-refractivity contribution in [3.05, 3.63) is 63.2 Å². The summed E-state index contributed by atoms with van der Waals surface area (Å²) in [5, 5.41) is 7.49. The van der Waals surface area contributed by atoms with E-state index in [1.165, 1.54) is 31.2 Å². The number of hydrogen-bond donors (Lipinski definition) is 1. The van der Waals surface area contributed by atoms with Crippen LogP contribution < -0.4 is 10.1 Å². The van der Waals surface area contributed by atoms with Crippen molar-refractivity contribution in [3.8, 4) is 5.75 Å².